The topological polar surface area (TPSA) is 76.7 Å². The van der Waals surface area contributed by atoms with Crippen LogP contribution in [0.15, 0.2) is 11.4 Å². The highest BCUT2D eigenvalue weighted by molar-refractivity contribution is 7.09. The van der Waals surface area contributed by atoms with E-state index in [0.29, 0.717) is 5.82 Å². The second-order valence-corrected chi connectivity index (χ2v) is 5.03. The zero-order valence-corrected chi connectivity index (χ0v) is 11.6. The van der Waals surface area contributed by atoms with Crippen LogP contribution >= 0.6 is 11.3 Å². The number of nitrogens with one attached hydrogen (secondary N) is 1. The van der Waals surface area contributed by atoms with Crippen LogP contribution in [0.4, 0.5) is 11.6 Å². The lowest BCUT2D eigenvalue weighted by Crippen LogP contribution is -2.10. The van der Waals surface area contributed by atoms with Gasteiger partial charge in [0.1, 0.15) is 22.5 Å². The quantitative estimate of drug-likeness (QED) is 0.886. The Labute approximate surface area is 111 Å². The molecule has 0 aliphatic carbocycles. The van der Waals surface area contributed by atoms with Gasteiger partial charge in [0.05, 0.1) is 6.04 Å². The fourth-order valence-corrected chi connectivity index (χ4v) is 2.41. The molecule has 3 N–H and O–H groups in total. The molecule has 0 radical (unpaired) electrons. The van der Waals surface area contributed by atoms with Crippen LogP contribution in [0.25, 0.3) is 0 Å². The Balaban J connectivity index is 2.16. The van der Waals surface area contributed by atoms with Crippen LogP contribution in [0.3, 0.4) is 0 Å². The van der Waals surface area contributed by atoms with Gasteiger partial charge in [0, 0.05) is 23.6 Å². The molecular weight excluding hydrogens is 246 g/mol. The van der Waals surface area contributed by atoms with Crippen molar-refractivity contribution in [3.63, 3.8) is 0 Å². The first-order valence-electron chi connectivity index (χ1n) is 5.90. The molecule has 2 aromatic rings. The SMILES string of the molecule is CCc1nc(N)cc(NC(C)c2nc(C)cs2)n1. The molecule has 18 heavy (non-hydrogen) atoms. The monoisotopic (exact) mass is 263 g/mol. The number of thiazole rings is 1. The van der Waals surface area contributed by atoms with Gasteiger partial charge in [-0.25, -0.2) is 15.0 Å². The molecule has 2 aromatic heterocycles. The minimum absolute atomic E-state index is 0.114. The average molecular weight is 263 g/mol. The summed E-state index contributed by atoms with van der Waals surface area (Å²) in [6.45, 7) is 6.05. The number of hydrogen-bond donors (Lipinski definition) is 2. The maximum Gasteiger partial charge on any atom is 0.132 e. The first-order chi connectivity index (χ1) is 8.58. The van der Waals surface area contributed by atoms with Crippen molar-refractivity contribution in [1.29, 1.82) is 0 Å². The molecule has 0 aliphatic rings. The van der Waals surface area contributed by atoms with Gasteiger partial charge in [-0.2, -0.15) is 0 Å². The summed E-state index contributed by atoms with van der Waals surface area (Å²) in [6.07, 6.45) is 0.768. The Morgan fingerprint density at radius 3 is 2.78 bits per heavy atom. The molecule has 96 valence electrons. The maximum absolute atomic E-state index is 5.75. The number of hydrogen-bond acceptors (Lipinski definition) is 6. The van der Waals surface area contributed by atoms with E-state index >= 15 is 0 Å². The fraction of sp³-hybridized carbons (Fsp3) is 0.417. The summed E-state index contributed by atoms with van der Waals surface area (Å²) in [7, 11) is 0. The molecule has 0 amide bonds. The fourth-order valence-electron chi connectivity index (χ4n) is 1.60. The number of aromatic nitrogens is 3. The molecule has 1 unspecified atom stereocenters. The molecule has 1 atom stereocenters. The minimum Gasteiger partial charge on any atom is -0.384 e. The van der Waals surface area contributed by atoms with Gasteiger partial charge >= 0.3 is 0 Å². The molecule has 0 fully saturated rings. The summed E-state index contributed by atoms with van der Waals surface area (Å²) in [6, 6.07) is 1.86. The van der Waals surface area contributed by atoms with Gasteiger partial charge in [0.15, 0.2) is 0 Å². The summed E-state index contributed by atoms with van der Waals surface area (Å²) in [5.41, 5.74) is 6.79. The predicted octanol–water partition coefficient (Wildman–Crippen LogP) is 2.56. The number of aryl methyl sites for hydroxylation is 2. The third-order valence-electron chi connectivity index (χ3n) is 2.48. The van der Waals surface area contributed by atoms with E-state index in [1.54, 1.807) is 17.4 Å². The summed E-state index contributed by atoms with van der Waals surface area (Å²) in [5, 5.41) is 6.39. The third kappa shape index (κ3) is 2.95. The van der Waals surface area contributed by atoms with Crippen molar-refractivity contribution in [1.82, 2.24) is 15.0 Å². The average Bonchev–Trinajstić information content (AvgIpc) is 2.75. The Hall–Kier alpha value is -1.69. The van der Waals surface area contributed by atoms with Gasteiger partial charge in [-0.3, -0.25) is 0 Å². The molecule has 2 rings (SSSR count). The van der Waals surface area contributed by atoms with Crippen LogP contribution < -0.4 is 11.1 Å². The number of nitrogens with two attached hydrogens (primary N) is 1. The lowest BCUT2D eigenvalue weighted by Gasteiger charge is -2.12. The van der Waals surface area contributed by atoms with Crippen LogP contribution in [-0.2, 0) is 6.42 Å². The van der Waals surface area contributed by atoms with Crippen molar-refractivity contribution < 1.29 is 0 Å². The van der Waals surface area contributed by atoms with Crippen LogP contribution in [0, 0.1) is 6.92 Å². The Morgan fingerprint density at radius 2 is 2.17 bits per heavy atom. The second kappa shape index (κ2) is 5.30. The Kier molecular flexibility index (Phi) is 3.76. The van der Waals surface area contributed by atoms with Crippen molar-refractivity contribution in [3.05, 3.63) is 28.0 Å². The Bertz CT molecular complexity index is 537. The molecule has 2 heterocycles. The van der Waals surface area contributed by atoms with Gasteiger partial charge < -0.3 is 11.1 Å². The molecule has 0 saturated heterocycles. The zero-order chi connectivity index (χ0) is 13.1. The summed E-state index contributed by atoms with van der Waals surface area (Å²) >= 11 is 1.64. The van der Waals surface area contributed by atoms with E-state index in [0.717, 1.165) is 28.8 Å². The molecule has 0 spiro atoms. The standard InChI is InChI=1S/C12H17N5S/c1-4-10-16-9(13)5-11(17-10)15-8(3)12-14-7(2)6-18-12/h5-6,8H,4H2,1-3H3,(H3,13,15,16,17). The van der Waals surface area contributed by atoms with Crippen molar-refractivity contribution in [2.45, 2.75) is 33.2 Å². The molecule has 0 aromatic carbocycles. The summed E-state index contributed by atoms with van der Waals surface area (Å²) in [5.74, 6) is 1.99. The van der Waals surface area contributed by atoms with Crippen molar-refractivity contribution in [2.24, 2.45) is 0 Å². The highest BCUT2D eigenvalue weighted by Gasteiger charge is 2.10. The number of anilines is 2. The van der Waals surface area contributed by atoms with Crippen LogP contribution in [0.1, 0.15) is 36.4 Å². The van der Waals surface area contributed by atoms with Gasteiger partial charge in [-0.05, 0) is 13.8 Å². The van der Waals surface area contributed by atoms with Gasteiger partial charge in [-0.1, -0.05) is 6.92 Å². The molecule has 0 aliphatic heterocycles. The summed E-state index contributed by atoms with van der Waals surface area (Å²) < 4.78 is 0. The normalized spacial score (nSPS) is 12.4. The highest BCUT2D eigenvalue weighted by atomic mass is 32.1. The highest BCUT2D eigenvalue weighted by Crippen LogP contribution is 2.22. The van der Waals surface area contributed by atoms with E-state index in [2.05, 4.69) is 27.2 Å². The molecule has 0 bridgehead atoms. The first kappa shape index (κ1) is 12.8. The van der Waals surface area contributed by atoms with E-state index in [9.17, 15) is 0 Å². The molecule has 6 heteroatoms. The molecule has 0 saturated carbocycles. The minimum atomic E-state index is 0.114. The van der Waals surface area contributed by atoms with E-state index in [1.807, 2.05) is 19.2 Å². The van der Waals surface area contributed by atoms with Crippen molar-refractivity contribution in [3.8, 4) is 0 Å². The molecular formula is C12H17N5S. The van der Waals surface area contributed by atoms with Gasteiger partial charge in [0.25, 0.3) is 0 Å². The first-order valence-corrected chi connectivity index (χ1v) is 6.78. The van der Waals surface area contributed by atoms with Crippen LogP contribution in [-0.4, -0.2) is 15.0 Å². The van der Waals surface area contributed by atoms with Crippen LogP contribution in [0.2, 0.25) is 0 Å². The number of rotatable bonds is 4. The number of nitrogens with zero attached hydrogens (tertiary/aromatic N) is 3. The zero-order valence-electron chi connectivity index (χ0n) is 10.8. The molecule has 5 nitrogen and oxygen atoms in total. The van der Waals surface area contributed by atoms with Gasteiger partial charge in [-0.15, -0.1) is 11.3 Å². The van der Waals surface area contributed by atoms with Crippen molar-refractivity contribution in [2.75, 3.05) is 11.1 Å². The van der Waals surface area contributed by atoms with E-state index < -0.39 is 0 Å². The maximum atomic E-state index is 5.75. The third-order valence-corrected chi connectivity index (χ3v) is 3.63. The van der Waals surface area contributed by atoms with E-state index in [4.69, 9.17) is 5.73 Å². The smallest absolute Gasteiger partial charge is 0.132 e. The lowest BCUT2D eigenvalue weighted by atomic mass is 10.3. The second-order valence-electron chi connectivity index (χ2n) is 4.14. The largest absolute Gasteiger partial charge is 0.384 e. The van der Waals surface area contributed by atoms with E-state index in [-0.39, 0.29) is 6.04 Å². The Morgan fingerprint density at radius 1 is 1.39 bits per heavy atom. The summed E-state index contributed by atoms with van der Waals surface area (Å²) in [4.78, 5) is 13.0. The van der Waals surface area contributed by atoms with Gasteiger partial charge in [0.2, 0.25) is 0 Å². The lowest BCUT2D eigenvalue weighted by molar-refractivity contribution is 0.843. The van der Waals surface area contributed by atoms with Crippen molar-refractivity contribution >= 4 is 23.0 Å². The van der Waals surface area contributed by atoms with E-state index in [1.165, 1.54) is 0 Å². The number of nitrogen functional groups attached to an aromatic ring is 1. The predicted molar refractivity (Wildman–Crippen MR) is 74.7 cm³/mol. The van der Waals surface area contributed by atoms with Crippen LogP contribution in [0.5, 0.6) is 0 Å².